The van der Waals surface area contributed by atoms with Crippen LogP contribution in [-0.2, 0) is 11.1 Å². The molecular formula is C8H4ClO2S2-. The van der Waals surface area contributed by atoms with E-state index in [-0.39, 0.29) is 0 Å². The second-order valence-corrected chi connectivity index (χ2v) is 4.73. The molecule has 2 nitrogen and oxygen atoms in total. The summed E-state index contributed by atoms with van der Waals surface area (Å²) in [6.07, 6.45) is 0. The standard InChI is InChI=1S/C8H5ClO2S2/c9-5-1-2-6-7(3-5)12-4-8(6)13(10)11/h1-4H,(H,10,11)/p-1. The van der Waals surface area contributed by atoms with Crippen molar-refractivity contribution in [3.05, 3.63) is 28.6 Å². The number of halogens is 1. The van der Waals surface area contributed by atoms with Crippen LogP contribution in [0.5, 0.6) is 0 Å². The molecule has 13 heavy (non-hydrogen) atoms. The van der Waals surface area contributed by atoms with Gasteiger partial charge in [-0.3, -0.25) is 4.21 Å². The van der Waals surface area contributed by atoms with Crippen LogP contribution in [0.4, 0.5) is 0 Å². The Morgan fingerprint density at radius 1 is 1.46 bits per heavy atom. The Bertz CT molecular complexity index is 478. The highest BCUT2D eigenvalue weighted by molar-refractivity contribution is 7.79. The van der Waals surface area contributed by atoms with Crippen LogP contribution >= 0.6 is 22.9 Å². The molecule has 0 radical (unpaired) electrons. The van der Waals surface area contributed by atoms with Crippen LogP contribution in [0.1, 0.15) is 0 Å². The lowest BCUT2D eigenvalue weighted by atomic mass is 10.3. The lowest BCUT2D eigenvalue weighted by Crippen LogP contribution is -1.84. The van der Waals surface area contributed by atoms with Gasteiger partial charge in [-0.15, -0.1) is 11.3 Å². The third-order valence-corrected chi connectivity index (χ3v) is 3.71. The smallest absolute Gasteiger partial charge is 0.0434 e. The summed E-state index contributed by atoms with van der Waals surface area (Å²) >= 11 is 4.98. The highest BCUT2D eigenvalue weighted by Gasteiger charge is 2.03. The van der Waals surface area contributed by atoms with E-state index in [1.807, 2.05) is 0 Å². The molecule has 1 unspecified atom stereocenters. The van der Waals surface area contributed by atoms with E-state index in [1.54, 1.807) is 23.6 Å². The van der Waals surface area contributed by atoms with Crippen LogP contribution in [0.3, 0.4) is 0 Å². The van der Waals surface area contributed by atoms with Crippen molar-refractivity contribution in [1.29, 1.82) is 0 Å². The van der Waals surface area contributed by atoms with E-state index in [2.05, 4.69) is 0 Å². The molecule has 2 rings (SSSR count). The molecule has 0 fully saturated rings. The van der Waals surface area contributed by atoms with E-state index >= 15 is 0 Å². The van der Waals surface area contributed by atoms with Gasteiger partial charge in [-0.1, -0.05) is 17.7 Å². The maximum absolute atomic E-state index is 10.7. The SMILES string of the molecule is O=S([O-])c1csc2cc(Cl)ccc12. The minimum Gasteiger partial charge on any atom is -0.768 e. The van der Waals surface area contributed by atoms with E-state index in [0.717, 1.165) is 10.1 Å². The Balaban J connectivity index is 2.76. The Morgan fingerprint density at radius 3 is 2.92 bits per heavy atom. The summed E-state index contributed by atoms with van der Waals surface area (Å²) in [4.78, 5) is 0.344. The predicted octanol–water partition coefficient (Wildman–Crippen LogP) is 2.79. The van der Waals surface area contributed by atoms with Gasteiger partial charge in [0.1, 0.15) is 0 Å². The van der Waals surface area contributed by atoms with Crippen LogP contribution in [0, 0.1) is 0 Å². The van der Waals surface area contributed by atoms with Gasteiger partial charge in [0.05, 0.1) is 0 Å². The minimum absolute atomic E-state index is 0.344. The summed E-state index contributed by atoms with van der Waals surface area (Å²) in [7, 11) is 0. The summed E-state index contributed by atoms with van der Waals surface area (Å²) in [6, 6.07) is 5.17. The second kappa shape index (κ2) is 3.38. The molecule has 0 saturated heterocycles. The molecule has 1 aromatic heterocycles. The number of hydrogen-bond acceptors (Lipinski definition) is 3. The van der Waals surface area contributed by atoms with Crippen molar-refractivity contribution >= 4 is 44.1 Å². The van der Waals surface area contributed by atoms with Crippen LogP contribution < -0.4 is 0 Å². The van der Waals surface area contributed by atoms with Crippen LogP contribution in [0.25, 0.3) is 10.1 Å². The number of benzene rings is 1. The Morgan fingerprint density at radius 2 is 2.23 bits per heavy atom. The maximum atomic E-state index is 10.7. The average Bonchev–Trinajstić information content (AvgIpc) is 2.46. The van der Waals surface area contributed by atoms with Gasteiger partial charge < -0.3 is 4.55 Å². The highest BCUT2D eigenvalue weighted by Crippen LogP contribution is 2.29. The van der Waals surface area contributed by atoms with E-state index in [4.69, 9.17) is 11.6 Å². The zero-order chi connectivity index (χ0) is 9.42. The fourth-order valence-electron chi connectivity index (χ4n) is 1.11. The predicted molar refractivity (Wildman–Crippen MR) is 54.0 cm³/mol. The Hall–Kier alpha value is -0.420. The van der Waals surface area contributed by atoms with Crippen molar-refractivity contribution in [3.8, 4) is 0 Å². The third kappa shape index (κ3) is 1.62. The molecule has 0 N–H and O–H groups in total. The number of hydrogen-bond donors (Lipinski definition) is 0. The van der Waals surface area contributed by atoms with Gasteiger partial charge in [-0.05, 0) is 23.2 Å². The average molecular weight is 232 g/mol. The highest BCUT2D eigenvalue weighted by atomic mass is 35.5. The van der Waals surface area contributed by atoms with Crippen molar-refractivity contribution < 1.29 is 8.76 Å². The minimum atomic E-state index is -2.16. The normalized spacial score (nSPS) is 13.4. The van der Waals surface area contributed by atoms with E-state index in [9.17, 15) is 8.76 Å². The zero-order valence-corrected chi connectivity index (χ0v) is 8.71. The van der Waals surface area contributed by atoms with Crippen molar-refractivity contribution in [1.82, 2.24) is 0 Å². The molecule has 0 aliphatic rings. The van der Waals surface area contributed by atoms with E-state index < -0.39 is 11.1 Å². The van der Waals surface area contributed by atoms with Crippen LogP contribution in [0.2, 0.25) is 5.02 Å². The molecule has 1 aromatic carbocycles. The topological polar surface area (TPSA) is 40.1 Å². The van der Waals surface area contributed by atoms with Crippen molar-refractivity contribution in [2.45, 2.75) is 4.90 Å². The monoisotopic (exact) mass is 231 g/mol. The van der Waals surface area contributed by atoms with Gasteiger partial charge in [-0.2, -0.15) is 0 Å². The summed E-state index contributed by atoms with van der Waals surface area (Å²) in [5, 5.41) is 2.98. The molecule has 68 valence electrons. The van der Waals surface area contributed by atoms with Gasteiger partial charge in [0.2, 0.25) is 0 Å². The summed E-state index contributed by atoms with van der Waals surface area (Å²) in [6.45, 7) is 0. The van der Waals surface area contributed by atoms with Gasteiger partial charge in [0.15, 0.2) is 0 Å². The van der Waals surface area contributed by atoms with E-state index in [0.29, 0.717) is 9.92 Å². The molecule has 0 saturated carbocycles. The molecule has 0 spiro atoms. The molecular weight excluding hydrogens is 228 g/mol. The van der Waals surface area contributed by atoms with Crippen molar-refractivity contribution in [2.24, 2.45) is 0 Å². The number of thiophene rings is 1. The first-order chi connectivity index (χ1) is 6.18. The molecule has 1 heterocycles. The summed E-state index contributed by atoms with van der Waals surface area (Å²) in [5.41, 5.74) is 0. The molecule has 5 heteroatoms. The molecule has 0 bridgehead atoms. The summed E-state index contributed by atoms with van der Waals surface area (Å²) in [5.74, 6) is 0. The number of rotatable bonds is 1. The van der Waals surface area contributed by atoms with Crippen molar-refractivity contribution in [3.63, 3.8) is 0 Å². The molecule has 1 atom stereocenters. The third-order valence-electron chi connectivity index (χ3n) is 1.68. The molecule has 0 aliphatic heterocycles. The lowest BCUT2D eigenvalue weighted by Gasteiger charge is -2.01. The van der Waals surface area contributed by atoms with Gasteiger partial charge in [-0.25, -0.2) is 0 Å². The van der Waals surface area contributed by atoms with Gasteiger partial charge in [0, 0.05) is 25.4 Å². The molecule has 0 aliphatic carbocycles. The fraction of sp³-hybridized carbons (Fsp3) is 0. The second-order valence-electron chi connectivity index (χ2n) is 2.48. The zero-order valence-electron chi connectivity index (χ0n) is 6.32. The largest absolute Gasteiger partial charge is 0.768 e. The quantitative estimate of drug-likeness (QED) is 0.708. The lowest BCUT2D eigenvalue weighted by molar-refractivity contribution is 0.538. The first kappa shape index (κ1) is 9.15. The fourth-order valence-corrected chi connectivity index (χ4v) is 3.09. The first-order valence-electron chi connectivity index (χ1n) is 3.44. The van der Waals surface area contributed by atoms with Crippen LogP contribution in [-0.4, -0.2) is 8.76 Å². The summed E-state index contributed by atoms with van der Waals surface area (Å²) < 4.78 is 22.4. The van der Waals surface area contributed by atoms with E-state index in [1.165, 1.54) is 11.3 Å². The molecule has 2 aromatic rings. The first-order valence-corrected chi connectivity index (χ1v) is 5.78. The maximum Gasteiger partial charge on any atom is 0.0434 e. The van der Waals surface area contributed by atoms with Crippen LogP contribution in [0.15, 0.2) is 28.5 Å². The number of fused-ring (bicyclic) bond motifs is 1. The van der Waals surface area contributed by atoms with Gasteiger partial charge >= 0.3 is 0 Å². The van der Waals surface area contributed by atoms with Crippen molar-refractivity contribution in [2.75, 3.05) is 0 Å². The Kier molecular flexibility index (Phi) is 2.38. The van der Waals surface area contributed by atoms with Gasteiger partial charge in [0.25, 0.3) is 0 Å². The Labute approximate surface area is 86.4 Å². The molecule has 0 amide bonds.